The number of nitrogens with one attached hydrogen (secondary N) is 1. The summed E-state index contributed by atoms with van der Waals surface area (Å²) in [5.74, 6) is 1.19. The second-order valence-electron chi connectivity index (χ2n) is 6.08. The molecule has 0 saturated carbocycles. The monoisotopic (exact) mass is 404 g/mol. The van der Waals surface area contributed by atoms with Gasteiger partial charge in [-0.1, -0.05) is 6.07 Å². The minimum Gasteiger partial charge on any atom is -0.495 e. The predicted molar refractivity (Wildman–Crippen MR) is 104 cm³/mol. The van der Waals surface area contributed by atoms with Crippen LogP contribution < -0.4 is 19.5 Å². The molecule has 9 heteroatoms. The van der Waals surface area contributed by atoms with E-state index in [0.717, 1.165) is 9.87 Å². The second kappa shape index (κ2) is 7.91. The summed E-state index contributed by atoms with van der Waals surface area (Å²) in [5.41, 5.74) is 1.01. The summed E-state index contributed by atoms with van der Waals surface area (Å²) in [6, 6.07) is 9.60. The van der Waals surface area contributed by atoms with Crippen molar-refractivity contribution in [3.8, 4) is 17.2 Å². The molecule has 0 radical (unpaired) electrons. The summed E-state index contributed by atoms with van der Waals surface area (Å²) in [4.78, 5) is 12.4. The van der Waals surface area contributed by atoms with E-state index in [0.29, 0.717) is 17.2 Å². The Kier molecular flexibility index (Phi) is 5.57. The zero-order chi connectivity index (χ0) is 20.3. The Morgan fingerprint density at radius 3 is 2.61 bits per heavy atom. The first-order valence-electron chi connectivity index (χ1n) is 8.30. The van der Waals surface area contributed by atoms with Crippen molar-refractivity contribution in [1.82, 2.24) is 4.31 Å². The van der Waals surface area contributed by atoms with Gasteiger partial charge < -0.3 is 19.5 Å². The van der Waals surface area contributed by atoms with Gasteiger partial charge in [0.15, 0.2) is 11.5 Å². The molecule has 1 aliphatic rings. The van der Waals surface area contributed by atoms with Gasteiger partial charge in [-0.3, -0.25) is 4.79 Å². The average molecular weight is 404 g/mol. The summed E-state index contributed by atoms with van der Waals surface area (Å²) in [7, 11) is 0.672. The van der Waals surface area contributed by atoms with Crippen LogP contribution in [0.3, 0.4) is 0 Å². The average Bonchev–Trinajstić information content (AvgIpc) is 3.14. The molecule has 2 aromatic rings. The summed E-state index contributed by atoms with van der Waals surface area (Å²) in [5, 5.41) is 2.65. The number of nitrogens with zero attached hydrogens (tertiary/aromatic N) is 1. The van der Waals surface area contributed by atoms with Crippen molar-refractivity contribution in [1.29, 1.82) is 0 Å². The van der Waals surface area contributed by atoms with Crippen molar-refractivity contribution < 1.29 is 27.4 Å². The first-order chi connectivity index (χ1) is 13.3. The summed E-state index contributed by atoms with van der Waals surface area (Å²) < 4.78 is 41.5. The molecule has 0 bridgehead atoms. The number of carbonyl (C=O) groups is 1. The van der Waals surface area contributed by atoms with E-state index in [1.54, 1.807) is 24.3 Å². The van der Waals surface area contributed by atoms with Crippen LogP contribution in [0.25, 0.3) is 6.08 Å². The summed E-state index contributed by atoms with van der Waals surface area (Å²) >= 11 is 0. The molecule has 0 fully saturated rings. The van der Waals surface area contributed by atoms with Crippen LogP contribution in [-0.2, 0) is 14.8 Å². The van der Waals surface area contributed by atoms with Crippen molar-refractivity contribution in [3.63, 3.8) is 0 Å². The van der Waals surface area contributed by atoms with Crippen molar-refractivity contribution in [3.05, 3.63) is 48.0 Å². The number of benzene rings is 2. The van der Waals surface area contributed by atoms with Crippen LogP contribution in [0.5, 0.6) is 17.2 Å². The van der Waals surface area contributed by atoms with Crippen molar-refractivity contribution in [2.45, 2.75) is 4.90 Å². The number of ether oxygens (including phenoxy) is 3. The smallest absolute Gasteiger partial charge is 0.248 e. The van der Waals surface area contributed by atoms with Gasteiger partial charge in [-0.15, -0.1) is 0 Å². The van der Waals surface area contributed by atoms with E-state index in [-0.39, 0.29) is 17.4 Å². The quantitative estimate of drug-likeness (QED) is 0.743. The third-order valence-electron chi connectivity index (χ3n) is 4.03. The van der Waals surface area contributed by atoms with Crippen LogP contribution in [0, 0.1) is 0 Å². The molecule has 1 aliphatic heterocycles. The molecule has 1 N–H and O–H groups in total. The standard InChI is InChI=1S/C19H20N2O6S/c1-21(2)28(23,24)14-6-8-16(25-3)15(11-14)20-19(22)9-5-13-4-7-17-18(10-13)27-12-26-17/h4-11H,12H2,1-3H3,(H,20,22)/b9-5+. The lowest BCUT2D eigenvalue weighted by molar-refractivity contribution is -0.111. The van der Waals surface area contributed by atoms with Gasteiger partial charge in [0.05, 0.1) is 17.7 Å². The molecule has 1 heterocycles. The lowest BCUT2D eigenvalue weighted by atomic mass is 10.2. The fourth-order valence-corrected chi connectivity index (χ4v) is 3.45. The molecule has 2 aromatic carbocycles. The summed E-state index contributed by atoms with van der Waals surface area (Å²) in [6.45, 7) is 0.176. The molecule has 0 aliphatic carbocycles. The van der Waals surface area contributed by atoms with Crippen molar-refractivity contribution in [2.24, 2.45) is 0 Å². The van der Waals surface area contributed by atoms with Gasteiger partial charge in [0.1, 0.15) is 5.75 Å². The van der Waals surface area contributed by atoms with Gasteiger partial charge in [-0.05, 0) is 42.0 Å². The highest BCUT2D eigenvalue weighted by atomic mass is 32.2. The fraction of sp³-hybridized carbons (Fsp3) is 0.211. The topological polar surface area (TPSA) is 94.2 Å². The van der Waals surface area contributed by atoms with E-state index in [9.17, 15) is 13.2 Å². The Balaban J connectivity index is 1.79. The third-order valence-corrected chi connectivity index (χ3v) is 5.84. The van der Waals surface area contributed by atoms with Gasteiger partial charge in [-0.2, -0.15) is 0 Å². The molecule has 0 spiro atoms. The number of methoxy groups -OCH3 is 1. The van der Waals surface area contributed by atoms with Crippen LogP contribution in [0.15, 0.2) is 47.4 Å². The molecule has 28 heavy (non-hydrogen) atoms. The Bertz CT molecular complexity index is 1030. The number of rotatable bonds is 6. The first kappa shape index (κ1) is 19.7. The first-order valence-corrected chi connectivity index (χ1v) is 9.74. The molecule has 0 atom stereocenters. The highest BCUT2D eigenvalue weighted by Gasteiger charge is 2.19. The predicted octanol–water partition coefficient (Wildman–Crippen LogP) is 2.33. The molecule has 148 valence electrons. The highest BCUT2D eigenvalue weighted by molar-refractivity contribution is 7.89. The third kappa shape index (κ3) is 4.10. The van der Waals surface area contributed by atoms with Crippen LogP contribution in [-0.4, -0.2) is 46.6 Å². The summed E-state index contributed by atoms with van der Waals surface area (Å²) in [6.07, 6.45) is 2.95. The maximum atomic E-state index is 12.3. The van der Waals surface area contributed by atoms with Gasteiger partial charge >= 0.3 is 0 Å². The molecule has 0 unspecified atom stereocenters. The molecule has 0 aromatic heterocycles. The van der Waals surface area contributed by atoms with E-state index >= 15 is 0 Å². The van der Waals surface area contributed by atoms with E-state index in [4.69, 9.17) is 14.2 Å². The van der Waals surface area contributed by atoms with E-state index in [1.807, 2.05) is 0 Å². The second-order valence-corrected chi connectivity index (χ2v) is 8.24. The van der Waals surface area contributed by atoms with Gasteiger partial charge in [-0.25, -0.2) is 12.7 Å². The van der Waals surface area contributed by atoms with Crippen LogP contribution in [0.1, 0.15) is 5.56 Å². The molecule has 0 saturated heterocycles. The van der Waals surface area contributed by atoms with E-state index < -0.39 is 15.9 Å². The molecular weight excluding hydrogens is 384 g/mol. The van der Waals surface area contributed by atoms with Gasteiger partial charge in [0.25, 0.3) is 0 Å². The molecular formula is C19H20N2O6S. The molecule has 8 nitrogen and oxygen atoms in total. The Morgan fingerprint density at radius 2 is 1.89 bits per heavy atom. The van der Waals surface area contributed by atoms with Crippen LogP contribution in [0.4, 0.5) is 5.69 Å². The lowest BCUT2D eigenvalue weighted by Crippen LogP contribution is -2.22. The van der Waals surface area contributed by atoms with Crippen molar-refractivity contribution >= 4 is 27.7 Å². The Hall–Kier alpha value is -3.04. The fourth-order valence-electron chi connectivity index (χ4n) is 2.52. The van der Waals surface area contributed by atoms with Crippen LogP contribution in [0.2, 0.25) is 0 Å². The molecule has 3 rings (SSSR count). The maximum Gasteiger partial charge on any atom is 0.248 e. The Morgan fingerprint density at radius 1 is 1.14 bits per heavy atom. The number of sulfonamides is 1. The number of amides is 1. The maximum absolute atomic E-state index is 12.3. The normalized spacial score (nSPS) is 13.1. The van der Waals surface area contributed by atoms with Gasteiger partial charge in [0, 0.05) is 20.2 Å². The lowest BCUT2D eigenvalue weighted by Gasteiger charge is -2.14. The Labute approximate surface area is 163 Å². The number of carbonyl (C=O) groups excluding carboxylic acids is 1. The largest absolute Gasteiger partial charge is 0.495 e. The zero-order valence-corrected chi connectivity index (χ0v) is 16.4. The number of fused-ring (bicyclic) bond motifs is 1. The van der Waals surface area contributed by atoms with E-state index in [2.05, 4.69) is 5.32 Å². The van der Waals surface area contributed by atoms with Crippen LogP contribution >= 0.6 is 0 Å². The number of hydrogen-bond acceptors (Lipinski definition) is 6. The minimum absolute atomic E-state index is 0.0494. The van der Waals surface area contributed by atoms with Gasteiger partial charge in [0.2, 0.25) is 22.7 Å². The number of hydrogen-bond donors (Lipinski definition) is 1. The zero-order valence-electron chi connectivity index (χ0n) is 15.6. The van der Waals surface area contributed by atoms with Crippen molar-refractivity contribution in [2.75, 3.05) is 33.3 Å². The minimum atomic E-state index is -3.64. The van der Waals surface area contributed by atoms with E-state index in [1.165, 1.54) is 45.5 Å². The SMILES string of the molecule is COc1ccc(S(=O)(=O)N(C)C)cc1NC(=O)/C=C/c1ccc2c(c1)OCO2. The molecule has 1 amide bonds. The number of anilines is 1. The highest BCUT2D eigenvalue weighted by Crippen LogP contribution is 2.33.